The number of pyridine rings is 1. The largest absolute Gasteiger partial charge is 0.330 e. The molecule has 0 unspecified atom stereocenters. The number of H-pyrrole nitrogens is 1. The van der Waals surface area contributed by atoms with Crippen LogP contribution in [0.1, 0.15) is 5.69 Å². The van der Waals surface area contributed by atoms with Crippen molar-refractivity contribution in [3.63, 3.8) is 0 Å². The van der Waals surface area contributed by atoms with Crippen LogP contribution in [0.5, 0.6) is 0 Å². The lowest BCUT2D eigenvalue weighted by molar-refractivity contribution is 0.628. The van der Waals surface area contributed by atoms with E-state index in [9.17, 15) is 4.39 Å². The van der Waals surface area contributed by atoms with Crippen LogP contribution in [0.15, 0.2) is 48.8 Å². The topological polar surface area (TPSA) is 67.6 Å². The highest BCUT2D eigenvalue weighted by Gasteiger charge is 2.16. The third kappa shape index (κ3) is 2.68. The number of nitrogens with zero attached hydrogens (tertiary/aromatic N) is 2. The molecule has 21 heavy (non-hydrogen) atoms. The number of aromatic nitrogens is 3. The summed E-state index contributed by atoms with van der Waals surface area (Å²) in [5.41, 5.74) is 10.3. The minimum atomic E-state index is -0.262. The molecule has 3 rings (SSSR count). The average Bonchev–Trinajstić information content (AvgIpc) is 2.93. The van der Waals surface area contributed by atoms with E-state index in [4.69, 9.17) is 5.73 Å². The molecule has 5 heteroatoms. The van der Waals surface area contributed by atoms with Crippen LogP contribution < -0.4 is 5.73 Å². The predicted octanol–water partition coefficient (Wildman–Crippen LogP) is 2.78. The number of rotatable bonds is 4. The van der Waals surface area contributed by atoms with Crippen molar-refractivity contribution in [1.82, 2.24) is 15.2 Å². The molecule has 2 aromatic heterocycles. The Balaban J connectivity index is 2.15. The Hall–Kier alpha value is -2.53. The molecule has 0 fully saturated rings. The lowest BCUT2D eigenvalue weighted by Gasteiger charge is -2.06. The number of aromatic amines is 1. The van der Waals surface area contributed by atoms with Crippen molar-refractivity contribution in [2.24, 2.45) is 5.73 Å². The summed E-state index contributed by atoms with van der Waals surface area (Å²) in [7, 11) is 0. The number of hydrogen-bond donors (Lipinski definition) is 2. The molecule has 0 saturated carbocycles. The summed E-state index contributed by atoms with van der Waals surface area (Å²) in [6, 6.07) is 10.2. The van der Waals surface area contributed by atoms with Crippen LogP contribution in [0.3, 0.4) is 0 Å². The van der Waals surface area contributed by atoms with Gasteiger partial charge in [0.1, 0.15) is 11.5 Å². The zero-order valence-corrected chi connectivity index (χ0v) is 11.4. The van der Waals surface area contributed by atoms with Gasteiger partial charge in [0.15, 0.2) is 0 Å². The maximum absolute atomic E-state index is 13.1. The van der Waals surface area contributed by atoms with Crippen LogP contribution in [0, 0.1) is 5.82 Å². The van der Waals surface area contributed by atoms with Crippen LogP contribution in [-0.4, -0.2) is 21.7 Å². The summed E-state index contributed by atoms with van der Waals surface area (Å²) in [5.74, 6) is -0.262. The molecule has 0 saturated heterocycles. The molecule has 3 N–H and O–H groups in total. The Kier molecular flexibility index (Phi) is 3.75. The van der Waals surface area contributed by atoms with E-state index in [2.05, 4.69) is 15.2 Å². The van der Waals surface area contributed by atoms with Gasteiger partial charge in [-0.25, -0.2) is 4.39 Å². The van der Waals surface area contributed by atoms with E-state index in [1.54, 1.807) is 24.5 Å². The van der Waals surface area contributed by atoms with Crippen molar-refractivity contribution < 1.29 is 4.39 Å². The van der Waals surface area contributed by atoms with Gasteiger partial charge in [-0.05, 0) is 48.5 Å². The van der Waals surface area contributed by atoms with E-state index in [1.807, 2.05) is 12.1 Å². The first-order chi connectivity index (χ1) is 10.3. The number of hydrogen-bond acceptors (Lipinski definition) is 3. The normalized spacial score (nSPS) is 10.8. The number of nitrogens with two attached hydrogens (primary N) is 1. The maximum Gasteiger partial charge on any atom is 0.123 e. The number of benzene rings is 1. The van der Waals surface area contributed by atoms with Crippen molar-refractivity contribution >= 4 is 0 Å². The molecule has 2 heterocycles. The minimum Gasteiger partial charge on any atom is -0.330 e. The van der Waals surface area contributed by atoms with Gasteiger partial charge in [-0.2, -0.15) is 5.10 Å². The molecule has 106 valence electrons. The van der Waals surface area contributed by atoms with Crippen molar-refractivity contribution in [3.8, 4) is 22.4 Å². The molecule has 0 radical (unpaired) electrons. The molecule has 0 aliphatic rings. The Bertz CT molecular complexity index is 720. The second-order valence-corrected chi connectivity index (χ2v) is 4.71. The van der Waals surface area contributed by atoms with Gasteiger partial charge in [-0.3, -0.25) is 10.1 Å². The third-order valence-electron chi connectivity index (χ3n) is 3.32. The van der Waals surface area contributed by atoms with E-state index in [0.717, 1.165) is 28.1 Å². The van der Waals surface area contributed by atoms with Crippen LogP contribution in [0.4, 0.5) is 4.39 Å². The zero-order chi connectivity index (χ0) is 14.7. The van der Waals surface area contributed by atoms with E-state index in [0.29, 0.717) is 13.0 Å². The van der Waals surface area contributed by atoms with Gasteiger partial charge in [-0.15, -0.1) is 0 Å². The molecular formula is C16H15FN4. The van der Waals surface area contributed by atoms with Gasteiger partial charge in [0.25, 0.3) is 0 Å². The van der Waals surface area contributed by atoms with Gasteiger partial charge in [0.2, 0.25) is 0 Å². The molecule has 0 spiro atoms. The fraction of sp³-hybridized carbons (Fsp3) is 0.125. The van der Waals surface area contributed by atoms with Crippen LogP contribution in [-0.2, 0) is 6.42 Å². The quantitative estimate of drug-likeness (QED) is 0.773. The van der Waals surface area contributed by atoms with Crippen LogP contribution in [0.2, 0.25) is 0 Å². The zero-order valence-electron chi connectivity index (χ0n) is 11.4. The van der Waals surface area contributed by atoms with Gasteiger partial charge < -0.3 is 5.73 Å². The Labute approximate surface area is 121 Å². The van der Waals surface area contributed by atoms with Crippen molar-refractivity contribution in [1.29, 1.82) is 0 Å². The van der Waals surface area contributed by atoms with Crippen LogP contribution >= 0.6 is 0 Å². The second kappa shape index (κ2) is 5.85. The summed E-state index contributed by atoms with van der Waals surface area (Å²) in [6.07, 6.45) is 4.18. The van der Waals surface area contributed by atoms with E-state index >= 15 is 0 Å². The molecule has 0 aliphatic heterocycles. The summed E-state index contributed by atoms with van der Waals surface area (Å²) < 4.78 is 13.1. The third-order valence-corrected chi connectivity index (χ3v) is 3.32. The SMILES string of the molecule is NCCc1[nH]nc(-c2ccc(F)cc2)c1-c1ccncc1. The highest BCUT2D eigenvalue weighted by Crippen LogP contribution is 2.33. The Morgan fingerprint density at radius 1 is 1.00 bits per heavy atom. The summed E-state index contributed by atoms with van der Waals surface area (Å²) in [5, 5.41) is 7.43. The lowest BCUT2D eigenvalue weighted by atomic mass is 9.98. The summed E-state index contributed by atoms with van der Waals surface area (Å²) in [6.45, 7) is 0.531. The monoisotopic (exact) mass is 282 g/mol. The maximum atomic E-state index is 13.1. The predicted molar refractivity (Wildman–Crippen MR) is 80.0 cm³/mol. The molecule has 0 amide bonds. The van der Waals surface area contributed by atoms with Gasteiger partial charge in [0, 0.05) is 35.6 Å². The molecule has 4 nitrogen and oxygen atoms in total. The number of halogens is 1. The van der Waals surface area contributed by atoms with Crippen LogP contribution in [0.25, 0.3) is 22.4 Å². The smallest absolute Gasteiger partial charge is 0.123 e. The first kappa shape index (κ1) is 13.5. The Morgan fingerprint density at radius 3 is 2.38 bits per heavy atom. The van der Waals surface area contributed by atoms with Gasteiger partial charge in [0.05, 0.1) is 0 Å². The van der Waals surface area contributed by atoms with E-state index in [-0.39, 0.29) is 5.82 Å². The van der Waals surface area contributed by atoms with Gasteiger partial charge in [-0.1, -0.05) is 0 Å². The molecule has 3 aromatic rings. The minimum absolute atomic E-state index is 0.262. The fourth-order valence-corrected chi connectivity index (χ4v) is 2.35. The molecule has 0 aliphatic carbocycles. The first-order valence-corrected chi connectivity index (χ1v) is 6.73. The molecule has 1 aromatic carbocycles. The first-order valence-electron chi connectivity index (χ1n) is 6.73. The average molecular weight is 282 g/mol. The highest BCUT2D eigenvalue weighted by molar-refractivity contribution is 5.82. The van der Waals surface area contributed by atoms with Crippen molar-refractivity contribution in [2.75, 3.05) is 6.54 Å². The lowest BCUT2D eigenvalue weighted by Crippen LogP contribution is -2.04. The van der Waals surface area contributed by atoms with E-state index < -0.39 is 0 Å². The standard InChI is InChI=1S/C16H15FN4/c17-13-3-1-12(2-4-13)16-15(11-6-9-19-10-7-11)14(5-8-18)20-21-16/h1-4,6-7,9-10H,5,8,18H2,(H,20,21). The summed E-state index contributed by atoms with van der Waals surface area (Å²) in [4.78, 5) is 4.04. The van der Waals surface area contributed by atoms with E-state index in [1.165, 1.54) is 12.1 Å². The second-order valence-electron chi connectivity index (χ2n) is 4.71. The Morgan fingerprint density at radius 2 is 1.71 bits per heavy atom. The summed E-state index contributed by atoms with van der Waals surface area (Å²) >= 11 is 0. The fourth-order valence-electron chi connectivity index (χ4n) is 2.35. The van der Waals surface area contributed by atoms with Gasteiger partial charge >= 0.3 is 0 Å². The molecule has 0 atom stereocenters. The van der Waals surface area contributed by atoms with Crippen molar-refractivity contribution in [3.05, 3.63) is 60.3 Å². The molecule has 0 bridgehead atoms. The highest BCUT2D eigenvalue weighted by atomic mass is 19.1. The molecular weight excluding hydrogens is 267 g/mol. The van der Waals surface area contributed by atoms with Crippen molar-refractivity contribution in [2.45, 2.75) is 6.42 Å². The number of nitrogens with one attached hydrogen (secondary N) is 1.